The van der Waals surface area contributed by atoms with E-state index in [1.807, 2.05) is 31.2 Å². The van der Waals surface area contributed by atoms with E-state index in [1.54, 1.807) is 0 Å². The van der Waals surface area contributed by atoms with Crippen LogP contribution in [0.5, 0.6) is 0 Å². The van der Waals surface area contributed by atoms with Crippen LogP contribution in [0.1, 0.15) is 26.2 Å². The topological polar surface area (TPSA) is 66.4 Å². The van der Waals surface area contributed by atoms with E-state index in [0.29, 0.717) is 19.4 Å². The van der Waals surface area contributed by atoms with E-state index in [0.717, 1.165) is 6.42 Å². The molecule has 1 rings (SSSR count). The number of carbonyl (C=O) groups excluding carboxylic acids is 1. The first kappa shape index (κ1) is 13.5. The molecular formula is C13H19NO3. The number of carbonyl (C=O) groups is 2. The summed E-state index contributed by atoms with van der Waals surface area (Å²) in [5.41, 5.74) is 0. The largest absolute Gasteiger partial charge is 0.481 e. The van der Waals surface area contributed by atoms with E-state index in [9.17, 15) is 9.59 Å². The fraction of sp³-hybridized carbons (Fsp3) is 0.538. The van der Waals surface area contributed by atoms with Crippen LogP contribution in [0.2, 0.25) is 0 Å². The summed E-state index contributed by atoms with van der Waals surface area (Å²) in [5.74, 6) is -2.04. The van der Waals surface area contributed by atoms with Crippen LogP contribution in [0.25, 0.3) is 0 Å². The third kappa shape index (κ3) is 4.06. The second-order valence-corrected chi connectivity index (χ2v) is 4.14. The molecule has 0 fully saturated rings. The summed E-state index contributed by atoms with van der Waals surface area (Å²) in [6, 6.07) is 0. The molecule has 2 unspecified atom stereocenters. The number of hydrogen-bond acceptors (Lipinski definition) is 2. The number of amides is 1. The van der Waals surface area contributed by atoms with Crippen molar-refractivity contribution < 1.29 is 14.7 Å². The number of nitrogens with one attached hydrogen (secondary N) is 1. The van der Waals surface area contributed by atoms with Gasteiger partial charge in [0.2, 0.25) is 5.91 Å². The van der Waals surface area contributed by atoms with Crippen molar-refractivity contribution in [3.8, 4) is 0 Å². The van der Waals surface area contributed by atoms with Gasteiger partial charge in [-0.15, -0.1) is 0 Å². The fourth-order valence-corrected chi connectivity index (χ4v) is 1.95. The maximum Gasteiger partial charge on any atom is 0.307 e. The Bertz CT molecular complexity index is 334. The average Bonchev–Trinajstić information content (AvgIpc) is 2.34. The van der Waals surface area contributed by atoms with Gasteiger partial charge < -0.3 is 10.4 Å². The Morgan fingerprint density at radius 3 is 2.59 bits per heavy atom. The molecule has 0 aromatic carbocycles. The van der Waals surface area contributed by atoms with Crippen molar-refractivity contribution in [2.75, 3.05) is 6.54 Å². The van der Waals surface area contributed by atoms with Gasteiger partial charge in [0.25, 0.3) is 0 Å². The summed E-state index contributed by atoms with van der Waals surface area (Å²) in [5, 5.41) is 11.8. The van der Waals surface area contributed by atoms with Gasteiger partial charge in [-0.05, 0) is 26.2 Å². The van der Waals surface area contributed by atoms with Crippen molar-refractivity contribution in [1.29, 1.82) is 0 Å². The molecule has 4 nitrogen and oxygen atoms in total. The Hall–Kier alpha value is -1.58. The van der Waals surface area contributed by atoms with Gasteiger partial charge in [-0.2, -0.15) is 0 Å². The standard InChI is InChI=1S/C13H19NO3/c1-2-3-6-9-14-12(15)10-7-4-5-8-11(10)13(16)17/h2-5,10-11H,6-9H2,1H3,(H,14,15)(H,16,17)/b3-2+. The zero-order valence-corrected chi connectivity index (χ0v) is 10.1. The summed E-state index contributed by atoms with van der Waals surface area (Å²) in [6.45, 7) is 2.49. The van der Waals surface area contributed by atoms with Gasteiger partial charge in [0.15, 0.2) is 0 Å². The molecule has 0 aromatic rings. The van der Waals surface area contributed by atoms with E-state index < -0.39 is 17.8 Å². The minimum atomic E-state index is -0.886. The monoisotopic (exact) mass is 237 g/mol. The van der Waals surface area contributed by atoms with Crippen LogP contribution >= 0.6 is 0 Å². The van der Waals surface area contributed by atoms with Crippen molar-refractivity contribution >= 4 is 11.9 Å². The van der Waals surface area contributed by atoms with Gasteiger partial charge in [-0.25, -0.2) is 0 Å². The van der Waals surface area contributed by atoms with Gasteiger partial charge in [0.1, 0.15) is 0 Å². The molecule has 0 bridgehead atoms. The predicted molar refractivity (Wildman–Crippen MR) is 65.4 cm³/mol. The molecule has 4 heteroatoms. The van der Waals surface area contributed by atoms with Crippen molar-refractivity contribution in [2.24, 2.45) is 11.8 Å². The molecular weight excluding hydrogens is 218 g/mol. The van der Waals surface area contributed by atoms with Crippen LogP contribution in [0.3, 0.4) is 0 Å². The third-order valence-electron chi connectivity index (χ3n) is 2.93. The number of carboxylic acid groups (broad SMARTS) is 1. The first-order valence-electron chi connectivity index (χ1n) is 5.93. The average molecular weight is 237 g/mol. The predicted octanol–water partition coefficient (Wildman–Crippen LogP) is 1.74. The summed E-state index contributed by atoms with van der Waals surface area (Å²) in [6.07, 6.45) is 9.36. The van der Waals surface area contributed by atoms with Crippen molar-refractivity contribution in [3.63, 3.8) is 0 Å². The van der Waals surface area contributed by atoms with Crippen LogP contribution in [0.15, 0.2) is 24.3 Å². The van der Waals surface area contributed by atoms with E-state index in [1.165, 1.54) is 0 Å². The van der Waals surface area contributed by atoms with Crippen LogP contribution in [0, 0.1) is 11.8 Å². The van der Waals surface area contributed by atoms with Gasteiger partial charge in [-0.1, -0.05) is 24.3 Å². The van der Waals surface area contributed by atoms with Gasteiger partial charge in [0, 0.05) is 6.54 Å². The molecule has 1 amide bonds. The normalized spacial score (nSPS) is 23.8. The lowest BCUT2D eigenvalue weighted by Gasteiger charge is -2.24. The molecule has 0 heterocycles. The Morgan fingerprint density at radius 1 is 1.35 bits per heavy atom. The molecule has 0 saturated heterocycles. The number of carboxylic acids is 1. The van der Waals surface area contributed by atoms with Crippen molar-refractivity contribution in [1.82, 2.24) is 5.32 Å². The zero-order chi connectivity index (χ0) is 12.7. The zero-order valence-electron chi connectivity index (χ0n) is 10.1. The van der Waals surface area contributed by atoms with Gasteiger partial charge in [-0.3, -0.25) is 9.59 Å². The Balaban J connectivity index is 2.48. The highest BCUT2D eigenvalue weighted by Gasteiger charge is 2.33. The second kappa shape index (κ2) is 6.89. The third-order valence-corrected chi connectivity index (χ3v) is 2.93. The first-order valence-corrected chi connectivity index (χ1v) is 5.93. The molecule has 1 aliphatic carbocycles. The van der Waals surface area contributed by atoms with Crippen LogP contribution in [-0.2, 0) is 9.59 Å². The molecule has 17 heavy (non-hydrogen) atoms. The van der Waals surface area contributed by atoms with E-state index >= 15 is 0 Å². The fourth-order valence-electron chi connectivity index (χ4n) is 1.95. The minimum Gasteiger partial charge on any atom is -0.481 e. The highest BCUT2D eigenvalue weighted by atomic mass is 16.4. The summed E-state index contributed by atoms with van der Waals surface area (Å²) in [7, 11) is 0. The number of hydrogen-bond donors (Lipinski definition) is 2. The lowest BCUT2D eigenvalue weighted by Crippen LogP contribution is -2.39. The van der Waals surface area contributed by atoms with E-state index in [2.05, 4.69) is 5.32 Å². The van der Waals surface area contributed by atoms with Gasteiger partial charge in [0.05, 0.1) is 11.8 Å². The van der Waals surface area contributed by atoms with E-state index in [4.69, 9.17) is 5.11 Å². The van der Waals surface area contributed by atoms with Gasteiger partial charge >= 0.3 is 5.97 Å². The summed E-state index contributed by atoms with van der Waals surface area (Å²) >= 11 is 0. The minimum absolute atomic E-state index is 0.147. The molecule has 0 saturated carbocycles. The SMILES string of the molecule is C/C=C/CCNC(=O)C1CC=CCC1C(=O)O. The Morgan fingerprint density at radius 2 is 2.00 bits per heavy atom. The molecule has 0 radical (unpaired) electrons. The lowest BCUT2D eigenvalue weighted by atomic mass is 9.82. The Labute approximate surface area is 101 Å². The summed E-state index contributed by atoms with van der Waals surface area (Å²) < 4.78 is 0. The molecule has 2 N–H and O–H groups in total. The highest BCUT2D eigenvalue weighted by Crippen LogP contribution is 2.25. The molecule has 1 aliphatic rings. The highest BCUT2D eigenvalue weighted by molar-refractivity contribution is 5.85. The van der Waals surface area contributed by atoms with Crippen LogP contribution < -0.4 is 5.32 Å². The molecule has 0 aromatic heterocycles. The smallest absolute Gasteiger partial charge is 0.307 e. The van der Waals surface area contributed by atoms with E-state index in [-0.39, 0.29) is 5.91 Å². The van der Waals surface area contributed by atoms with Crippen molar-refractivity contribution in [2.45, 2.75) is 26.2 Å². The summed E-state index contributed by atoms with van der Waals surface area (Å²) in [4.78, 5) is 22.9. The second-order valence-electron chi connectivity index (χ2n) is 4.14. The maximum absolute atomic E-state index is 11.8. The molecule has 0 aliphatic heterocycles. The molecule has 0 spiro atoms. The van der Waals surface area contributed by atoms with Crippen molar-refractivity contribution in [3.05, 3.63) is 24.3 Å². The molecule has 2 atom stereocenters. The number of allylic oxidation sites excluding steroid dienone is 3. The number of aliphatic carboxylic acids is 1. The Kier molecular flexibility index (Phi) is 5.46. The maximum atomic E-state index is 11.8. The first-order chi connectivity index (χ1) is 8.16. The molecule has 94 valence electrons. The van der Waals surface area contributed by atoms with Crippen LogP contribution in [-0.4, -0.2) is 23.5 Å². The number of rotatable bonds is 5. The quantitative estimate of drug-likeness (QED) is 0.565. The lowest BCUT2D eigenvalue weighted by molar-refractivity contribution is -0.147. The van der Waals surface area contributed by atoms with Crippen LogP contribution in [0.4, 0.5) is 0 Å².